The molecular formula is C22H21N3O7S. The van der Waals surface area contributed by atoms with Crippen LogP contribution in [0.4, 0.5) is 17.1 Å². The van der Waals surface area contributed by atoms with Crippen LogP contribution in [0.1, 0.15) is 0 Å². The summed E-state index contributed by atoms with van der Waals surface area (Å²) in [5.41, 5.74) is 0.0377. The summed E-state index contributed by atoms with van der Waals surface area (Å²) >= 11 is 0. The molecule has 0 bridgehead atoms. The molecule has 33 heavy (non-hydrogen) atoms. The van der Waals surface area contributed by atoms with Crippen molar-refractivity contribution in [3.63, 3.8) is 0 Å². The second-order valence-corrected chi connectivity index (χ2v) is 8.77. The molecule has 0 aliphatic carbocycles. The number of hydrogen-bond acceptors (Lipinski definition) is 8. The highest BCUT2D eigenvalue weighted by molar-refractivity contribution is 7.93. The van der Waals surface area contributed by atoms with Crippen LogP contribution in [0.5, 0.6) is 17.2 Å². The Hall–Kier alpha value is -3.99. The van der Waals surface area contributed by atoms with Crippen LogP contribution < -0.4 is 24.2 Å². The van der Waals surface area contributed by atoms with Gasteiger partial charge in [0.15, 0.2) is 11.5 Å². The number of ether oxygens (including phenoxy) is 3. The zero-order valence-electron chi connectivity index (χ0n) is 17.6. The number of nitrogens with one attached hydrogen (secondary N) is 2. The molecular weight excluding hydrogens is 450 g/mol. The van der Waals surface area contributed by atoms with E-state index in [1.165, 1.54) is 25.3 Å². The third-order valence-corrected chi connectivity index (χ3v) is 6.31. The summed E-state index contributed by atoms with van der Waals surface area (Å²) < 4.78 is 45.6. The molecule has 0 radical (unpaired) electrons. The lowest BCUT2D eigenvalue weighted by atomic mass is 10.2. The first-order chi connectivity index (χ1) is 15.9. The van der Waals surface area contributed by atoms with Crippen LogP contribution in [0, 0.1) is 10.1 Å². The summed E-state index contributed by atoms with van der Waals surface area (Å²) in [5.74, 6) is 1.53. The van der Waals surface area contributed by atoms with Crippen LogP contribution in [-0.4, -0.2) is 39.7 Å². The standard InChI is InChI=1S/C22H21N3O7S/c1-30-19-7-3-2-6-17(19)24-33(28,29)22-12-15(25(26)27)10-11-18(22)23-13-16-14-31-20-8-4-5-9-21(20)32-16/h2-12,16,23-24H,13-14H2,1H3/t16-/m0/s1. The first-order valence-electron chi connectivity index (χ1n) is 9.94. The summed E-state index contributed by atoms with van der Waals surface area (Å²) in [6.07, 6.45) is -0.396. The van der Waals surface area contributed by atoms with E-state index in [1.807, 2.05) is 12.1 Å². The van der Waals surface area contributed by atoms with E-state index in [4.69, 9.17) is 14.2 Å². The summed E-state index contributed by atoms with van der Waals surface area (Å²) in [4.78, 5) is 10.4. The number of para-hydroxylation sites is 4. The fourth-order valence-corrected chi connectivity index (χ4v) is 4.58. The lowest BCUT2D eigenvalue weighted by molar-refractivity contribution is -0.385. The van der Waals surface area contributed by atoms with E-state index in [2.05, 4.69) is 10.0 Å². The van der Waals surface area contributed by atoms with Crippen molar-refractivity contribution in [2.24, 2.45) is 0 Å². The Labute approximate surface area is 190 Å². The molecule has 0 spiro atoms. The molecule has 1 heterocycles. The Kier molecular flexibility index (Phi) is 6.22. The number of methoxy groups -OCH3 is 1. The van der Waals surface area contributed by atoms with Crippen molar-refractivity contribution in [3.05, 3.63) is 76.8 Å². The molecule has 172 valence electrons. The van der Waals surface area contributed by atoms with Gasteiger partial charge in [0.25, 0.3) is 15.7 Å². The van der Waals surface area contributed by atoms with Gasteiger partial charge in [0.05, 0.1) is 30.0 Å². The number of nitrogens with zero attached hydrogens (tertiary/aromatic N) is 1. The van der Waals surface area contributed by atoms with E-state index < -0.39 is 21.1 Å². The van der Waals surface area contributed by atoms with Crippen molar-refractivity contribution in [3.8, 4) is 17.2 Å². The number of benzene rings is 3. The first-order valence-corrected chi connectivity index (χ1v) is 11.4. The smallest absolute Gasteiger partial charge is 0.270 e. The van der Waals surface area contributed by atoms with Crippen molar-refractivity contribution in [1.82, 2.24) is 0 Å². The van der Waals surface area contributed by atoms with Crippen molar-refractivity contribution in [1.29, 1.82) is 0 Å². The van der Waals surface area contributed by atoms with Gasteiger partial charge in [-0.2, -0.15) is 0 Å². The maximum Gasteiger partial charge on any atom is 0.270 e. The molecule has 1 atom stereocenters. The van der Waals surface area contributed by atoms with Crippen LogP contribution in [0.15, 0.2) is 71.6 Å². The minimum atomic E-state index is -4.20. The van der Waals surface area contributed by atoms with Gasteiger partial charge in [0.1, 0.15) is 23.4 Å². The average Bonchev–Trinajstić information content (AvgIpc) is 2.82. The van der Waals surface area contributed by atoms with Crippen LogP contribution in [0.2, 0.25) is 0 Å². The zero-order chi connectivity index (χ0) is 23.4. The second-order valence-electron chi connectivity index (χ2n) is 7.12. The van der Waals surface area contributed by atoms with E-state index in [9.17, 15) is 18.5 Å². The largest absolute Gasteiger partial charge is 0.495 e. The number of rotatable bonds is 8. The van der Waals surface area contributed by atoms with Gasteiger partial charge < -0.3 is 19.5 Å². The lowest BCUT2D eigenvalue weighted by Crippen LogP contribution is -2.35. The molecule has 2 N–H and O–H groups in total. The highest BCUT2D eigenvalue weighted by Crippen LogP contribution is 2.33. The van der Waals surface area contributed by atoms with Gasteiger partial charge in [-0.15, -0.1) is 0 Å². The number of nitro groups is 1. The summed E-state index contributed by atoms with van der Waals surface area (Å²) in [7, 11) is -2.79. The molecule has 1 aliphatic heterocycles. The average molecular weight is 471 g/mol. The third-order valence-electron chi connectivity index (χ3n) is 4.90. The maximum atomic E-state index is 13.2. The zero-order valence-corrected chi connectivity index (χ0v) is 18.4. The summed E-state index contributed by atoms with van der Waals surface area (Å²) in [6.45, 7) is 0.474. The Bertz CT molecular complexity index is 1280. The highest BCUT2D eigenvalue weighted by Gasteiger charge is 2.26. The van der Waals surface area contributed by atoms with Crippen LogP contribution in [-0.2, 0) is 10.0 Å². The number of hydrogen-bond donors (Lipinski definition) is 2. The number of nitro benzene ring substituents is 1. The first kappa shape index (κ1) is 22.2. The number of non-ortho nitro benzene ring substituents is 1. The van der Waals surface area contributed by atoms with E-state index in [-0.39, 0.29) is 35.1 Å². The van der Waals surface area contributed by atoms with Gasteiger partial charge in [0.2, 0.25) is 0 Å². The van der Waals surface area contributed by atoms with E-state index >= 15 is 0 Å². The third kappa shape index (κ3) is 4.93. The molecule has 11 heteroatoms. The minimum absolute atomic E-state index is 0.186. The molecule has 0 amide bonds. The molecule has 0 saturated heterocycles. The second kappa shape index (κ2) is 9.25. The molecule has 4 rings (SSSR count). The molecule has 1 aliphatic rings. The topological polar surface area (TPSA) is 129 Å². The number of sulfonamides is 1. The highest BCUT2D eigenvalue weighted by atomic mass is 32.2. The normalized spacial score (nSPS) is 14.9. The summed E-state index contributed by atoms with van der Waals surface area (Å²) in [6, 6.07) is 17.3. The summed E-state index contributed by atoms with van der Waals surface area (Å²) in [5, 5.41) is 14.3. The maximum absolute atomic E-state index is 13.2. The van der Waals surface area contributed by atoms with E-state index in [0.717, 1.165) is 6.07 Å². The van der Waals surface area contributed by atoms with Gasteiger partial charge in [0, 0.05) is 12.1 Å². The minimum Gasteiger partial charge on any atom is -0.495 e. The SMILES string of the molecule is COc1ccccc1NS(=O)(=O)c1cc([N+](=O)[O-])ccc1NC[C@H]1COc2ccccc2O1. The van der Waals surface area contributed by atoms with Gasteiger partial charge in [-0.1, -0.05) is 24.3 Å². The molecule has 10 nitrogen and oxygen atoms in total. The van der Waals surface area contributed by atoms with Crippen molar-refractivity contribution in [2.45, 2.75) is 11.0 Å². The van der Waals surface area contributed by atoms with Crippen molar-refractivity contribution >= 4 is 27.1 Å². The fourth-order valence-electron chi connectivity index (χ4n) is 3.31. The van der Waals surface area contributed by atoms with Gasteiger partial charge in [-0.25, -0.2) is 8.42 Å². The van der Waals surface area contributed by atoms with E-state index in [1.54, 1.807) is 30.3 Å². The van der Waals surface area contributed by atoms with Gasteiger partial charge in [-0.3, -0.25) is 14.8 Å². The van der Waals surface area contributed by atoms with Gasteiger partial charge >= 0.3 is 0 Å². The van der Waals surface area contributed by atoms with E-state index in [0.29, 0.717) is 17.2 Å². The Morgan fingerprint density at radius 1 is 1.06 bits per heavy atom. The Balaban J connectivity index is 1.59. The van der Waals surface area contributed by atoms with Crippen LogP contribution >= 0.6 is 0 Å². The van der Waals surface area contributed by atoms with Crippen molar-refractivity contribution in [2.75, 3.05) is 30.3 Å². The molecule has 3 aromatic carbocycles. The van der Waals surface area contributed by atoms with Crippen LogP contribution in [0.25, 0.3) is 0 Å². The predicted molar refractivity (Wildman–Crippen MR) is 122 cm³/mol. The Morgan fingerprint density at radius 2 is 1.79 bits per heavy atom. The Morgan fingerprint density at radius 3 is 2.55 bits per heavy atom. The quantitative estimate of drug-likeness (QED) is 0.376. The lowest BCUT2D eigenvalue weighted by Gasteiger charge is -2.27. The molecule has 0 saturated carbocycles. The molecule has 0 fully saturated rings. The van der Waals surface area contributed by atoms with Gasteiger partial charge in [-0.05, 0) is 30.3 Å². The van der Waals surface area contributed by atoms with Crippen LogP contribution in [0.3, 0.4) is 0 Å². The number of fused-ring (bicyclic) bond motifs is 1. The molecule has 0 aromatic heterocycles. The predicted octanol–water partition coefficient (Wildman–Crippen LogP) is 3.66. The number of anilines is 2. The van der Waals surface area contributed by atoms with Crippen molar-refractivity contribution < 1.29 is 27.6 Å². The molecule has 3 aromatic rings. The monoisotopic (exact) mass is 471 g/mol. The molecule has 0 unspecified atom stereocenters. The fraction of sp³-hybridized carbons (Fsp3) is 0.182.